The van der Waals surface area contributed by atoms with Gasteiger partial charge in [-0.15, -0.1) is 5.10 Å². The van der Waals surface area contributed by atoms with E-state index in [4.69, 9.17) is 21.3 Å². The number of hydrogen-bond donors (Lipinski definition) is 4. The zero-order chi connectivity index (χ0) is 14.5. The molecule has 3 atom stereocenters. The van der Waals surface area contributed by atoms with Crippen molar-refractivity contribution >= 4 is 17.4 Å². The summed E-state index contributed by atoms with van der Waals surface area (Å²) >= 11 is 0. The molecule has 20 heavy (non-hydrogen) atoms. The van der Waals surface area contributed by atoms with Gasteiger partial charge in [0.25, 0.3) is 0 Å². The van der Waals surface area contributed by atoms with Gasteiger partial charge in [0.05, 0.1) is 25.1 Å². The largest absolute Gasteiger partial charge is 0.393 e. The third-order valence-electron chi connectivity index (χ3n) is 3.29. The number of hydrogen-bond acceptors (Lipinski definition) is 8. The lowest BCUT2D eigenvalue weighted by Crippen LogP contribution is -2.43. The summed E-state index contributed by atoms with van der Waals surface area (Å²) in [5.74, 6) is -0.0466. The van der Waals surface area contributed by atoms with Gasteiger partial charge in [-0.05, 0) is 0 Å². The minimum Gasteiger partial charge on any atom is -0.393 e. The highest BCUT2D eigenvalue weighted by Gasteiger charge is 2.51. The smallest absolute Gasteiger partial charge is 0.240 e. The number of nitrogens with zero attached hydrogens (tertiary/aromatic N) is 4. The van der Waals surface area contributed by atoms with Crippen molar-refractivity contribution in [1.29, 1.82) is 0 Å². The molecule has 0 radical (unpaired) electrons. The number of nitrogens with two attached hydrogens (primary N) is 2. The molecule has 2 aromatic rings. The number of anilines is 2. The SMILES string of the molecule is Nc1nc(N)c2ncc(C3OCC(O)(CO)C3F)n2n1. The minimum atomic E-state index is -1.95. The van der Waals surface area contributed by atoms with Gasteiger partial charge in [-0.3, -0.25) is 0 Å². The lowest BCUT2D eigenvalue weighted by Gasteiger charge is -2.21. The van der Waals surface area contributed by atoms with Gasteiger partial charge < -0.3 is 26.4 Å². The van der Waals surface area contributed by atoms with Crippen LogP contribution in [0.4, 0.5) is 16.2 Å². The molecular formula is C10H13FN6O3. The van der Waals surface area contributed by atoms with Crippen LogP contribution in [0.3, 0.4) is 0 Å². The van der Waals surface area contributed by atoms with Crippen LogP contribution >= 0.6 is 0 Å². The molecule has 1 aliphatic heterocycles. The van der Waals surface area contributed by atoms with Gasteiger partial charge >= 0.3 is 0 Å². The number of alkyl halides is 1. The van der Waals surface area contributed by atoms with E-state index in [0.29, 0.717) is 0 Å². The van der Waals surface area contributed by atoms with E-state index in [1.54, 1.807) is 0 Å². The molecule has 108 valence electrons. The van der Waals surface area contributed by atoms with Crippen molar-refractivity contribution < 1.29 is 19.3 Å². The molecule has 0 saturated carbocycles. The van der Waals surface area contributed by atoms with Crippen LogP contribution in [0.25, 0.3) is 5.65 Å². The molecular weight excluding hydrogens is 271 g/mol. The highest BCUT2D eigenvalue weighted by molar-refractivity contribution is 5.60. The van der Waals surface area contributed by atoms with Crippen molar-refractivity contribution in [2.75, 3.05) is 24.7 Å². The Hall–Kier alpha value is -2.04. The highest BCUT2D eigenvalue weighted by Crippen LogP contribution is 2.37. The monoisotopic (exact) mass is 284 g/mol. The fourth-order valence-electron chi connectivity index (χ4n) is 2.18. The Labute approximate surface area is 112 Å². The van der Waals surface area contributed by atoms with Gasteiger partial charge in [-0.1, -0.05) is 0 Å². The first-order chi connectivity index (χ1) is 9.46. The number of halogens is 1. The Balaban J connectivity index is 2.08. The van der Waals surface area contributed by atoms with Crippen molar-refractivity contribution in [2.24, 2.45) is 0 Å². The topological polar surface area (TPSA) is 145 Å². The van der Waals surface area contributed by atoms with Crippen molar-refractivity contribution in [2.45, 2.75) is 17.9 Å². The molecule has 3 unspecified atom stereocenters. The Morgan fingerprint density at radius 2 is 2.30 bits per heavy atom. The second-order valence-electron chi connectivity index (χ2n) is 4.67. The number of aliphatic hydroxyl groups excluding tert-OH is 1. The van der Waals surface area contributed by atoms with Crippen LogP contribution in [0.15, 0.2) is 6.20 Å². The average Bonchev–Trinajstić information content (AvgIpc) is 2.93. The zero-order valence-electron chi connectivity index (χ0n) is 10.3. The van der Waals surface area contributed by atoms with Gasteiger partial charge in [-0.2, -0.15) is 4.98 Å². The maximum Gasteiger partial charge on any atom is 0.240 e. The van der Waals surface area contributed by atoms with Gasteiger partial charge in [0.15, 0.2) is 17.6 Å². The van der Waals surface area contributed by atoms with E-state index in [0.717, 1.165) is 0 Å². The maximum atomic E-state index is 14.2. The molecule has 10 heteroatoms. The second-order valence-corrected chi connectivity index (χ2v) is 4.67. The Morgan fingerprint density at radius 1 is 1.55 bits per heavy atom. The quantitative estimate of drug-likeness (QED) is 0.517. The highest BCUT2D eigenvalue weighted by atomic mass is 19.1. The van der Waals surface area contributed by atoms with Crippen molar-refractivity contribution in [1.82, 2.24) is 19.6 Å². The molecule has 1 aliphatic rings. The third kappa shape index (κ3) is 1.69. The van der Waals surface area contributed by atoms with Crippen molar-refractivity contribution in [3.05, 3.63) is 11.9 Å². The molecule has 3 rings (SSSR count). The van der Waals surface area contributed by atoms with Crippen LogP contribution in [0, 0.1) is 0 Å². The molecule has 1 fully saturated rings. The van der Waals surface area contributed by atoms with E-state index in [1.165, 1.54) is 10.7 Å². The summed E-state index contributed by atoms with van der Waals surface area (Å²) < 4.78 is 20.7. The molecule has 0 spiro atoms. The standard InChI is InChI=1S/C10H13FN6O3/c11-6-5(20-3-10(6,19)2-18)4-1-14-8-7(12)15-9(13)16-17(4)8/h1,5-6,18-19H,2-3H2,(H4,12,13,15,16). The van der Waals surface area contributed by atoms with Crippen LogP contribution < -0.4 is 11.5 Å². The first-order valence-corrected chi connectivity index (χ1v) is 5.82. The van der Waals surface area contributed by atoms with Gasteiger partial charge in [0.2, 0.25) is 5.95 Å². The molecule has 1 saturated heterocycles. The average molecular weight is 284 g/mol. The molecule has 0 amide bonds. The van der Waals surface area contributed by atoms with Gasteiger partial charge in [0.1, 0.15) is 11.7 Å². The van der Waals surface area contributed by atoms with E-state index < -0.39 is 24.5 Å². The number of fused-ring (bicyclic) bond motifs is 1. The maximum absolute atomic E-state index is 14.2. The number of aromatic nitrogens is 4. The summed E-state index contributed by atoms with van der Waals surface area (Å²) in [6.45, 7) is -1.08. The van der Waals surface area contributed by atoms with Gasteiger partial charge in [-0.25, -0.2) is 13.9 Å². The summed E-state index contributed by atoms with van der Waals surface area (Å²) in [5, 5.41) is 22.8. The Morgan fingerprint density at radius 3 is 2.95 bits per heavy atom. The zero-order valence-corrected chi connectivity index (χ0v) is 10.3. The molecule has 2 aromatic heterocycles. The lowest BCUT2D eigenvalue weighted by molar-refractivity contribution is -0.0532. The first kappa shape index (κ1) is 13.0. The van der Waals surface area contributed by atoms with Crippen LogP contribution in [0.2, 0.25) is 0 Å². The fraction of sp³-hybridized carbons (Fsp3) is 0.500. The molecule has 0 aromatic carbocycles. The first-order valence-electron chi connectivity index (χ1n) is 5.82. The van der Waals surface area contributed by atoms with E-state index >= 15 is 0 Å². The predicted molar refractivity (Wildman–Crippen MR) is 65.2 cm³/mol. The number of imidazole rings is 1. The molecule has 0 bridgehead atoms. The van der Waals surface area contributed by atoms with E-state index in [2.05, 4.69) is 15.1 Å². The summed E-state index contributed by atoms with van der Waals surface area (Å²) in [7, 11) is 0. The van der Waals surface area contributed by atoms with E-state index in [1.807, 2.05) is 0 Å². The van der Waals surface area contributed by atoms with Gasteiger partial charge in [0, 0.05) is 0 Å². The van der Waals surface area contributed by atoms with Crippen LogP contribution in [-0.4, -0.2) is 54.8 Å². The molecule has 3 heterocycles. The van der Waals surface area contributed by atoms with Crippen molar-refractivity contribution in [3.63, 3.8) is 0 Å². The third-order valence-corrected chi connectivity index (χ3v) is 3.29. The normalized spacial score (nSPS) is 30.1. The van der Waals surface area contributed by atoms with E-state index in [-0.39, 0.29) is 29.7 Å². The van der Waals surface area contributed by atoms with Crippen LogP contribution in [0.5, 0.6) is 0 Å². The molecule has 0 aliphatic carbocycles. The summed E-state index contributed by atoms with van der Waals surface area (Å²) in [4.78, 5) is 7.72. The molecule has 6 N–H and O–H groups in total. The lowest BCUT2D eigenvalue weighted by atomic mass is 9.98. The van der Waals surface area contributed by atoms with Crippen LogP contribution in [0.1, 0.15) is 11.8 Å². The molecule has 9 nitrogen and oxygen atoms in total. The minimum absolute atomic E-state index is 0.0505. The number of ether oxygens (including phenoxy) is 1. The summed E-state index contributed by atoms with van der Waals surface area (Å²) in [6, 6.07) is 0. The number of rotatable bonds is 2. The Kier molecular flexibility index (Phi) is 2.74. The van der Waals surface area contributed by atoms with Crippen LogP contribution in [-0.2, 0) is 4.74 Å². The van der Waals surface area contributed by atoms with Crippen molar-refractivity contribution in [3.8, 4) is 0 Å². The Bertz CT molecular complexity index is 664. The predicted octanol–water partition coefficient (Wildman–Crippen LogP) is -1.58. The summed E-state index contributed by atoms with van der Waals surface area (Å²) in [6.07, 6.45) is -1.64. The number of nitrogen functional groups attached to an aromatic ring is 2. The second kappa shape index (κ2) is 4.23. The fourth-order valence-corrected chi connectivity index (χ4v) is 2.18. The summed E-state index contributed by atoms with van der Waals surface area (Å²) in [5.41, 5.74) is 9.64. The van der Waals surface area contributed by atoms with E-state index in [9.17, 15) is 9.50 Å². The number of aliphatic hydroxyl groups is 2.